The molecule has 5 rings (SSSR count). The molecule has 0 N–H and O–H groups in total. The molecule has 0 amide bonds. The van der Waals surface area contributed by atoms with Crippen LogP contribution in [-0.4, -0.2) is 0 Å². The molecule has 7 heteroatoms. The molecule has 0 radical (unpaired) electrons. The van der Waals surface area contributed by atoms with Crippen molar-refractivity contribution in [2.45, 2.75) is 6.54 Å². The van der Waals surface area contributed by atoms with Gasteiger partial charge in [-0.3, -0.25) is 0 Å². The van der Waals surface area contributed by atoms with Gasteiger partial charge in [-0.25, -0.2) is 18.6 Å². The monoisotopic (exact) mass is 487 g/mol. The topological polar surface area (TPSA) is 109 Å². The van der Waals surface area contributed by atoms with Crippen LogP contribution in [0.5, 0.6) is 0 Å². The number of halogens is 1. The van der Waals surface area contributed by atoms with E-state index in [4.69, 9.17) is 23.1 Å². The highest BCUT2D eigenvalue weighted by atomic mass is 35.7. The molecule has 0 spiro atoms. The Bertz CT molecular complexity index is 1270. The van der Waals surface area contributed by atoms with E-state index in [2.05, 4.69) is 108 Å². The number of nitrogens with zero attached hydrogens (tertiary/aromatic N) is 1. The fourth-order valence-corrected chi connectivity index (χ4v) is 3.84. The maximum atomic E-state index is 8.49. The molecule has 0 saturated carbocycles. The predicted molar refractivity (Wildman–Crippen MR) is 121 cm³/mol. The molecule has 6 nitrogen and oxygen atoms in total. The number of pyridine rings is 1. The predicted octanol–water partition coefficient (Wildman–Crippen LogP) is 1.86. The smallest absolute Gasteiger partial charge is 0.214 e. The van der Waals surface area contributed by atoms with E-state index in [0.717, 1.165) is 17.1 Å². The second kappa shape index (κ2) is 11.1. The van der Waals surface area contributed by atoms with Gasteiger partial charge < -0.3 is 4.42 Å². The van der Waals surface area contributed by atoms with Gasteiger partial charge in [0.1, 0.15) is 0 Å². The van der Waals surface area contributed by atoms with Crippen LogP contribution in [0, 0.1) is 10.2 Å². The van der Waals surface area contributed by atoms with Crippen LogP contribution in [0.15, 0.2) is 126 Å². The molecule has 2 heterocycles. The first-order chi connectivity index (χ1) is 16.9. The van der Waals surface area contributed by atoms with Crippen molar-refractivity contribution < 1.29 is 37.9 Å². The summed E-state index contributed by atoms with van der Waals surface area (Å²) in [4.78, 5) is 0. The fourth-order valence-electron chi connectivity index (χ4n) is 3.84. The van der Waals surface area contributed by atoms with Crippen LogP contribution < -0.4 is 23.2 Å². The van der Waals surface area contributed by atoms with E-state index in [9.17, 15) is 0 Å². The number of hydrogen-bond acceptors (Lipinski definition) is 5. The first-order valence-electron chi connectivity index (χ1n) is 10.8. The zero-order valence-corrected chi connectivity index (χ0v) is 19.4. The SMILES string of the molecule is [O-][Cl+3]([O-])([O-])[O-].c1ccc(-c2cc(-c3ccccc3)[n+](Cc3ccco3)c(-c3ccccc3)c2)cc1. The van der Waals surface area contributed by atoms with Gasteiger partial charge in [-0.05, 0) is 47.5 Å². The Labute approximate surface area is 205 Å². The summed E-state index contributed by atoms with van der Waals surface area (Å²) >= 11 is 0. The van der Waals surface area contributed by atoms with Crippen LogP contribution >= 0.6 is 0 Å². The molecule has 0 atom stereocenters. The van der Waals surface area contributed by atoms with Gasteiger partial charge in [0.05, 0.1) is 6.26 Å². The van der Waals surface area contributed by atoms with Gasteiger partial charge in [-0.1, -0.05) is 66.7 Å². The number of aromatic nitrogens is 1. The lowest BCUT2D eigenvalue weighted by molar-refractivity contribution is -2.00. The van der Waals surface area contributed by atoms with Crippen LogP contribution in [0.2, 0.25) is 0 Å². The summed E-state index contributed by atoms with van der Waals surface area (Å²) < 4.78 is 42.0. The average Bonchev–Trinajstić information content (AvgIpc) is 3.38. The van der Waals surface area contributed by atoms with Gasteiger partial charge >= 0.3 is 0 Å². The molecule has 176 valence electrons. The molecule has 0 bridgehead atoms. The summed E-state index contributed by atoms with van der Waals surface area (Å²) in [6.45, 7) is 0.663. The summed E-state index contributed by atoms with van der Waals surface area (Å²) in [7, 11) is -4.94. The zero-order valence-electron chi connectivity index (χ0n) is 18.6. The van der Waals surface area contributed by atoms with Crippen LogP contribution in [0.25, 0.3) is 33.6 Å². The van der Waals surface area contributed by atoms with E-state index < -0.39 is 10.2 Å². The van der Waals surface area contributed by atoms with Crippen molar-refractivity contribution in [3.63, 3.8) is 0 Å². The van der Waals surface area contributed by atoms with Crippen molar-refractivity contribution in [2.75, 3.05) is 0 Å². The Balaban J connectivity index is 0.000000527. The lowest BCUT2D eigenvalue weighted by Gasteiger charge is -2.17. The Kier molecular flexibility index (Phi) is 7.72. The summed E-state index contributed by atoms with van der Waals surface area (Å²) in [6, 6.07) is 40.2. The van der Waals surface area contributed by atoms with Crippen molar-refractivity contribution in [2.24, 2.45) is 0 Å². The minimum atomic E-state index is -4.94. The lowest BCUT2D eigenvalue weighted by Crippen LogP contribution is -2.68. The summed E-state index contributed by atoms with van der Waals surface area (Å²) in [6.07, 6.45) is 1.73. The normalized spacial score (nSPS) is 11.0. The third kappa shape index (κ3) is 6.86. The van der Waals surface area contributed by atoms with Crippen LogP contribution in [0.3, 0.4) is 0 Å². The van der Waals surface area contributed by atoms with E-state index in [1.807, 2.05) is 12.1 Å². The van der Waals surface area contributed by atoms with Gasteiger partial charge in [0, 0.05) is 23.3 Å². The van der Waals surface area contributed by atoms with Gasteiger partial charge in [-0.2, -0.15) is 4.57 Å². The van der Waals surface area contributed by atoms with E-state index in [1.165, 1.54) is 22.3 Å². The van der Waals surface area contributed by atoms with E-state index in [-0.39, 0.29) is 0 Å². The van der Waals surface area contributed by atoms with Crippen LogP contribution in [-0.2, 0) is 6.54 Å². The molecule has 35 heavy (non-hydrogen) atoms. The average molecular weight is 488 g/mol. The molecule has 3 aromatic carbocycles. The standard InChI is InChI=1S/C28H22NO.ClHO4/c1-4-11-22(12-5-1)25-19-27(23-13-6-2-7-14-23)29(21-26-17-10-18-30-26)28(20-25)24-15-8-3-9-16-24;2-1(3,4)5/h1-20H,21H2;(H,2,3,4,5)/q+1;/p-1. The summed E-state index contributed by atoms with van der Waals surface area (Å²) in [5.41, 5.74) is 7.08. The molecule has 0 unspecified atom stereocenters. The molecule has 5 aromatic rings. The zero-order chi connectivity index (χ0) is 24.7. The maximum absolute atomic E-state index is 8.49. The minimum Gasteiger partial charge on any atom is -0.463 e. The van der Waals surface area contributed by atoms with Gasteiger partial charge in [-0.15, -0.1) is 10.2 Å². The Morgan fingerprint density at radius 1 is 0.543 bits per heavy atom. The molecule has 0 saturated heterocycles. The molecule has 0 aliphatic heterocycles. The first-order valence-corrected chi connectivity index (χ1v) is 12.0. The highest BCUT2D eigenvalue weighted by Crippen LogP contribution is 2.29. The second-order valence-corrected chi connectivity index (χ2v) is 8.41. The molecular formula is C28H22ClNO5. The second-order valence-electron chi connectivity index (χ2n) is 7.66. The van der Waals surface area contributed by atoms with E-state index in [1.54, 1.807) is 6.26 Å². The van der Waals surface area contributed by atoms with E-state index in [0.29, 0.717) is 6.54 Å². The summed E-state index contributed by atoms with van der Waals surface area (Å²) in [5.74, 6) is 0.932. The highest BCUT2D eigenvalue weighted by Gasteiger charge is 2.23. The lowest BCUT2D eigenvalue weighted by atomic mass is 9.99. The Morgan fingerprint density at radius 2 is 0.971 bits per heavy atom. The number of furan rings is 1. The molecule has 2 aromatic heterocycles. The minimum absolute atomic E-state index is 0.663. The molecule has 0 fully saturated rings. The van der Waals surface area contributed by atoms with Crippen LogP contribution in [0.1, 0.15) is 5.76 Å². The van der Waals surface area contributed by atoms with Crippen molar-refractivity contribution in [1.29, 1.82) is 0 Å². The van der Waals surface area contributed by atoms with Crippen molar-refractivity contribution in [3.8, 4) is 33.6 Å². The van der Waals surface area contributed by atoms with Crippen LogP contribution in [0.4, 0.5) is 0 Å². The third-order valence-electron chi connectivity index (χ3n) is 5.31. The first kappa shape index (κ1) is 24.3. The van der Waals surface area contributed by atoms with Crippen molar-refractivity contribution in [1.82, 2.24) is 0 Å². The number of rotatable bonds is 5. The van der Waals surface area contributed by atoms with Gasteiger partial charge in [0.2, 0.25) is 17.9 Å². The number of benzene rings is 3. The highest BCUT2D eigenvalue weighted by molar-refractivity contribution is 5.73. The fraction of sp³-hybridized carbons (Fsp3) is 0.0357. The van der Waals surface area contributed by atoms with E-state index >= 15 is 0 Å². The van der Waals surface area contributed by atoms with Crippen molar-refractivity contribution in [3.05, 3.63) is 127 Å². The Morgan fingerprint density at radius 3 is 1.37 bits per heavy atom. The molecule has 0 aliphatic carbocycles. The Hall–Kier alpha value is -3.78. The van der Waals surface area contributed by atoms with Gasteiger partial charge in [0.15, 0.2) is 5.76 Å². The van der Waals surface area contributed by atoms with Gasteiger partial charge in [0.25, 0.3) is 0 Å². The molecular weight excluding hydrogens is 466 g/mol. The van der Waals surface area contributed by atoms with Crippen molar-refractivity contribution >= 4 is 0 Å². The number of hydrogen-bond donors (Lipinski definition) is 0. The summed E-state index contributed by atoms with van der Waals surface area (Å²) in [5, 5.41) is 0. The maximum Gasteiger partial charge on any atom is 0.214 e. The quantitative estimate of drug-likeness (QED) is 0.351. The largest absolute Gasteiger partial charge is 0.463 e. The molecule has 0 aliphatic rings. The third-order valence-corrected chi connectivity index (χ3v) is 5.31.